The van der Waals surface area contributed by atoms with Crippen LogP contribution >= 0.6 is 0 Å². The minimum absolute atomic E-state index is 0.655. The molecule has 0 unspecified atom stereocenters. The quantitative estimate of drug-likeness (QED) is 0.168. The van der Waals surface area contributed by atoms with E-state index in [2.05, 4.69) is 183 Å². The molecule has 3 nitrogen and oxygen atoms in total. The van der Waals surface area contributed by atoms with Crippen LogP contribution in [0.5, 0.6) is 0 Å². The fourth-order valence-corrected chi connectivity index (χ4v) is 11.3. The summed E-state index contributed by atoms with van der Waals surface area (Å²) in [5.74, 6) is 1.99. The van der Waals surface area contributed by atoms with Gasteiger partial charge in [-0.2, -0.15) is 0 Å². The first-order valence-corrected chi connectivity index (χ1v) is 21.2. The van der Waals surface area contributed by atoms with Gasteiger partial charge in [0.1, 0.15) is 8.07 Å². The van der Waals surface area contributed by atoms with Gasteiger partial charge in [-0.15, -0.1) is 0 Å². The van der Waals surface area contributed by atoms with Crippen molar-refractivity contribution in [2.24, 2.45) is 0 Å². The maximum absolute atomic E-state index is 5.29. The van der Waals surface area contributed by atoms with Crippen molar-refractivity contribution in [3.8, 4) is 67.5 Å². The molecule has 0 atom stereocenters. The second-order valence-electron chi connectivity index (χ2n) is 14.4. The average molecular weight is 694 g/mol. The van der Waals surface area contributed by atoms with Crippen molar-refractivity contribution in [2.75, 3.05) is 0 Å². The molecule has 10 rings (SSSR count). The lowest BCUT2D eigenvalue weighted by molar-refractivity contribution is 1.08. The summed E-state index contributed by atoms with van der Waals surface area (Å²) in [6.07, 6.45) is 0. The lowest BCUT2D eigenvalue weighted by atomic mass is 9.94. The molecule has 0 saturated heterocycles. The van der Waals surface area contributed by atoms with Crippen molar-refractivity contribution in [1.29, 1.82) is 0 Å². The van der Waals surface area contributed by atoms with E-state index in [1.807, 2.05) is 6.07 Å². The number of fused-ring (bicyclic) bond motifs is 6. The number of nitrogens with zero attached hydrogens (tertiary/aromatic N) is 3. The highest BCUT2D eigenvalue weighted by Crippen LogP contribution is 2.38. The number of rotatable bonds is 5. The topological polar surface area (TPSA) is 38.7 Å². The van der Waals surface area contributed by atoms with Crippen LogP contribution in [0.3, 0.4) is 0 Å². The van der Waals surface area contributed by atoms with Gasteiger partial charge in [-0.3, -0.25) is 0 Å². The molecule has 4 heteroatoms. The fourth-order valence-electron chi connectivity index (χ4n) is 8.22. The molecule has 0 amide bonds. The van der Waals surface area contributed by atoms with E-state index in [0.717, 1.165) is 27.6 Å². The first-order chi connectivity index (χ1) is 26.0. The molecular weight excluding hydrogens is 659 g/mol. The highest BCUT2D eigenvalue weighted by molar-refractivity contribution is 7.04. The molecule has 0 bridgehead atoms. The minimum Gasteiger partial charge on any atom is -0.208 e. The number of hydrogen-bond acceptors (Lipinski definition) is 3. The molecule has 53 heavy (non-hydrogen) atoms. The van der Waals surface area contributed by atoms with Gasteiger partial charge in [0.2, 0.25) is 0 Å². The highest BCUT2D eigenvalue weighted by Gasteiger charge is 2.38. The van der Waals surface area contributed by atoms with Crippen LogP contribution in [0.4, 0.5) is 0 Å². The number of aromatic nitrogens is 3. The van der Waals surface area contributed by atoms with Crippen LogP contribution < -0.4 is 10.4 Å². The molecule has 0 saturated carbocycles. The molecule has 0 aliphatic carbocycles. The summed E-state index contributed by atoms with van der Waals surface area (Å²) in [7, 11) is -1.90. The van der Waals surface area contributed by atoms with E-state index >= 15 is 0 Å². The van der Waals surface area contributed by atoms with Crippen LogP contribution in [0.25, 0.3) is 89.1 Å². The zero-order valence-electron chi connectivity index (χ0n) is 29.6. The summed E-state index contributed by atoms with van der Waals surface area (Å²) in [5.41, 5.74) is 10.3. The van der Waals surface area contributed by atoms with E-state index < -0.39 is 8.07 Å². The maximum Gasteiger partial charge on any atom is 0.164 e. The Morgan fingerprint density at radius 2 is 0.849 bits per heavy atom. The molecule has 9 aromatic rings. The SMILES string of the molecule is C[Si]1(C)c2ccc(-c3nc(-c4ccc(-c5ccccc5)cc4)nc(-c4ccc(-c5ccccc5)c5ccccc45)n3)cc2-c2c1ccc1ccccc21. The van der Waals surface area contributed by atoms with Crippen LogP contribution in [-0.4, -0.2) is 23.0 Å². The third kappa shape index (κ3) is 5.22. The Hall–Kier alpha value is -6.49. The van der Waals surface area contributed by atoms with Crippen molar-refractivity contribution in [1.82, 2.24) is 15.0 Å². The van der Waals surface area contributed by atoms with E-state index in [0.29, 0.717) is 17.5 Å². The number of benzene rings is 8. The smallest absolute Gasteiger partial charge is 0.164 e. The van der Waals surface area contributed by atoms with Gasteiger partial charge in [0.05, 0.1) is 0 Å². The van der Waals surface area contributed by atoms with Crippen LogP contribution in [-0.2, 0) is 0 Å². The molecule has 0 radical (unpaired) electrons. The van der Waals surface area contributed by atoms with Gasteiger partial charge in [-0.1, -0.05) is 177 Å². The first-order valence-electron chi connectivity index (χ1n) is 18.2. The minimum atomic E-state index is -1.90. The van der Waals surface area contributed by atoms with Gasteiger partial charge in [0.25, 0.3) is 0 Å². The summed E-state index contributed by atoms with van der Waals surface area (Å²) in [4.78, 5) is 15.7. The Morgan fingerprint density at radius 3 is 1.58 bits per heavy atom. The molecule has 0 spiro atoms. The molecule has 8 aromatic carbocycles. The van der Waals surface area contributed by atoms with Gasteiger partial charge in [-0.05, 0) is 77.4 Å². The van der Waals surface area contributed by atoms with Crippen LogP contribution in [0.1, 0.15) is 0 Å². The molecule has 1 aromatic heterocycles. The van der Waals surface area contributed by atoms with Crippen molar-refractivity contribution in [2.45, 2.75) is 13.1 Å². The summed E-state index contributed by atoms with van der Waals surface area (Å²) in [6.45, 7) is 4.93. The number of hydrogen-bond donors (Lipinski definition) is 0. The van der Waals surface area contributed by atoms with Crippen LogP contribution in [0, 0.1) is 0 Å². The summed E-state index contributed by atoms with van der Waals surface area (Å²) in [5, 5.41) is 7.80. The first kappa shape index (κ1) is 31.3. The van der Waals surface area contributed by atoms with Gasteiger partial charge >= 0.3 is 0 Å². The molecule has 2 heterocycles. The highest BCUT2D eigenvalue weighted by atomic mass is 28.3. The van der Waals surface area contributed by atoms with E-state index in [1.165, 1.54) is 54.3 Å². The monoisotopic (exact) mass is 693 g/mol. The van der Waals surface area contributed by atoms with E-state index in [9.17, 15) is 0 Å². The Balaban J connectivity index is 1.18. The summed E-state index contributed by atoms with van der Waals surface area (Å²) >= 11 is 0. The van der Waals surface area contributed by atoms with E-state index in [4.69, 9.17) is 15.0 Å². The van der Waals surface area contributed by atoms with Gasteiger partial charge in [-0.25, -0.2) is 15.0 Å². The van der Waals surface area contributed by atoms with Gasteiger partial charge < -0.3 is 0 Å². The third-order valence-electron chi connectivity index (χ3n) is 11.0. The second-order valence-corrected chi connectivity index (χ2v) is 18.7. The Labute approximate surface area is 310 Å². The second kappa shape index (κ2) is 12.3. The zero-order chi connectivity index (χ0) is 35.5. The van der Waals surface area contributed by atoms with Crippen LogP contribution in [0.2, 0.25) is 13.1 Å². The Morgan fingerprint density at radius 1 is 0.340 bits per heavy atom. The Bertz CT molecular complexity index is 2850. The molecule has 1 aliphatic rings. The molecular formula is C49H35N3Si. The standard InChI is InChI=1S/C49H35N3Si/c1-53(2)44-29-26-37(31-43(44)46-39-18-10-9-17-35(39)25-30-45(46)53)48-50-47(36-23-21-33(22-24-36)32-13-5-3-6-14-32)51-49(52-48)42-28-27-38(34-15-7-4-8-16-34)40-19-11-12-20-41(40)42/h3-31H,1-2H3. The van der Waals surface area contributed by atoms with Crippen molar-refractivity contribution < 1.29 is 0 Å². The van der Waals surface area contributed by atoms with Crippen molar-refractivity contribution >= 4 is 40.0 Å². The van der Waals surface area contributed by atoms with Crippen molar-refractivity contribution in [3.05, 3.63) is 176 Å². The fraction of sp³-hybridized carbons (Fsp3) is 0.0408. The molecule has 1 aliphatic heterocycles. The third-order valence-corrected chi connectivity index (χ3v) is 14.5. The maximum atomic E-state index is 5.29. The largest absolute Gasteiger partial charge is 0.208 e. The predicted molar refractivity (Wildman–Crippen MR) is 224 cm³/mol. The van der Waals surface area contributed by atoms with Crippen LogP contribution in [0.15, 0.2) is 176 Å². The lowest BCUT2D eigenvalue weighted by Crippen LogP contribution is -2.49. The van der Waals surface area contributed by atoms with E-state index in [1.54, 1.807) is 0 Å². The Kier molecular flexibility index (Phi) is 7.27. The van der Waals surface area contributed by atoms with Crippen molar-refractivity contribution in [3.63, 3.8) is 0 Å². The predicted octanol–water partition coefficient (Wildman–Crippen LogP) is 11.3. The average Bonchev–Trinajstić information content (AvgIpc) is 3.46. The molecule has 0 N–H and O–H groups in total. The normalized spacial score (nSPS) is 12.9. The van der Waals surface area contributed by atoms with Gasteiger partial charge in [0.15, 0.2) is 17.5 Å². The summed E-state index contributed by atoms with van der Waals surface area (Å²) < 4.78 is 0. The zero-order valence-corrected chi connectivity index (χ0v) is 30.6. The van der Waals surface area contributed by atoms with E-state index in [-0.39, 0.29) is 0 Å². The van der Waals surface area contributed by atoms with Gasteiger partial charge in [0, 0.05) is 16.7 Å². The summed E-state index contributed by atoms with van der Waals surface area (Å²) in [6, 6.07) is 62.9. The molecule has 250 valence electrons. The lowest BCUT2D eigenvalue weighted by Gasteiger charge is -2.19. The molecule has 0 fully saturated rings.